The Balaban J connectivity index is 1.43. The third kappa shape index (κ3) is 4.57. The van der Waals surface area contributed by atoms with Crippen LogP contribution in [0.5, 0.6) is 0 Å². The Kier molecular flexibility index (Phi) is 6.18. The van der Waals surface area contributed by atoms with Crippen molar-refractivity contribution in [3.05, 3.63) is 82.6 Å². The van der Waals surface area contributed by atoms with Crippen LogP contribution in [-0.2, 0) is 0 Å². The summed E-state index contributed by atoms with van der Waals surface area (Å²) in [6.07, 6.45) is 3.90. The fraction of sp³-hybridized carbons (Fsp3) is 0.261. The van der Waals surface area contributed by atoms with Gasteiger partial charge in [0.15, 0.2) is 10.9 Å². The van der Waals surface area contributed by atoms with Crippen LogP contribution in [0.4, 0.5) is 9.52 Å². The molecule has 30 heavy (non-hydrogen) atoms. The molecule has 1 amide bonds. The maximum absolute atomic E-state index is 13.2. The van der Waals surface area contributed by atoms with Gasteiger partial charge in [-0.3, -0.25) is 9.59 Å². The summed E-state index contributed by atoms with van der Waals surface area (Å²) >= 11 is 1.62. The first kappa shape index (κ1) is 20.2. The van der Waals surface area contributed by atoms with Gasteiger partial charge in [-0.2, -0.15) is 0 Å². The molecule has 2 heterocycles. The van der Waals surface area contributed by atoms with Crippen LogP contribution in [0.1, 0.15) is 39.1 Å². The minimum absolute atomic E-state index is 0.271. The van der Waals surface area contributed by atoms with Crippen molar-refractivity contribution in [3.63, 3.8) is 0 Å². The molecule has 0 spiro atoms. The van der Waals surface area contributed by atoms with Crippen molar-refractivity contribution in [2.45, 2.75) is 12.8 Å². The van der Waals surface area contributed by atoms with E-state index in [0.717, 1.165) is 31.1 Å². The molecule has 4 rings (SSSR count). The van der Waals surface area contributed by atoms with Crippen molar-refractivity contribution in [1.29, 1.82) is 0 Å². The first-order chi connectivity index (χ1) is 14.6. The molecule has 2 aromatic carbocycles. The van der Waals surface area contributed by atoms with Gasteiger partial charge in [0.1, 0.15) is 5.82 Å². The Morgan fingerprint density at radius 1 is 1.13 bits per heavy atom. The lowest BCUT2D eigenvalue weighted by molar-refractivity contribution is 0.0935. The number of hydrogen-bond donors (Lipinski definition) is 1. The summed E-state index contributed by atoms with van der Waals surface area (Å²) in [5.74, 6) is -0.649. The zero-order valence-electron chi connectivity index (χ0n) is 16.4. The van der Waals surface area contributed by atoms with Crippen molar-refractivity contribution >= 4 is 28.2 Å². The Morgan fingerprint density at radius 2 is 1.90 bits per heavy atom. The molecule has 1 aromatic heterocycles. The summed E-state index contributed by atoms with van der Waals surface area (Å²) in [4.78, 5) is 32.3. The average Bonchev–Trinajstić information content (AvgIpc) is 3.33. The number of piperidine rings is 1. The molecular weight excluding hydrogens is 401 g/mol. The monoisotopic (exact) mass is 423 g/mol. The number of carbonyl (C=O) groups excluding carboxylic acids is 2. The van der Waals surface area contributed by atoms with E-state index in [0.29, 0.717) is 29.2 Å². The van der Waals surface area contributed by atoms with Crippen LogP contribution in [0.25, 0.3) is 0 Å². The summed E-state index contributed by atoms with van der Waals surface area (Å²) in [6, 6.07) is 12.1. The Morgan fingerprint density at radius 3 is 2.63 bits per heavy atom. The van der Waals surface area contributed by atoms with Gasteiger partial charge in [0, 0.05) is 42.3 Å². The van der Waals surface area contributed by atoms with Crippen LogP contribution in [-0.4, -0.2) is 36.3 Å². The number of anilines is 1. The van der Waals surface area contributed by atoms with Gasteiger partial charge in [0.2, 0.25) is 0 Å². The van der Waals surface area contributed by atoms with Crippen LogP contribution in [0.15, 0.2) is 60.1 Å². The molecule has 0 bridgehead atoms. The quantitative estimate of drug-likeness (QED) is 0.605. The molecule has 0 saturated carbocycles. The third-order valence-corrected chi connectivity index (χ3v) is 6.12. The minimum atomic E-state index is -0.406. The van der Waals surface area contributed by atoms with Crippen LogP contribution in [0, 0.1) is 11.7 Å². The van der Waals surface area contributed by atoms with Crippen LogP contribution < -0.4 is 10.2 Å². The molecule has 1 N–H and O–H groups in total. The minimum Gasteiger partial charge on any atom is -0.352 e. The number of ketones is 1. The number of hydrogen-bond acceptors (Lipinski definition) is 5. The van der Waals surface area contributed by atoms with Crippen molar-refractivity contribution in [2.75, 3.05) is 24.5 Å². The predicted octanol–water partition coefficient (Wildman–Crippen LogP) is 4.16. The van der Waals surface area contributed by atoms with E-state index in [1.807, 2.05) is 5.38 Å². The van der Waals surface area contributed by atoms with Gasteiger partial charge in [0.25, 0.3) is 5.91 Å². The van der Waals surface area contributed by atoms with E-state index in [9.17, 15) is 14.0 Å². The van der Waals surface area contributed by atoms with E-state index in [-0.39, 0.29) is 11.7 Å². The van der Waals surface area contributed by atoms with Gasteiger partial charge < -0.3 is 10.2 Å². The van der Waals surface area contributed by atoms with Crippen LogP contribution in [0.2, 0.25) is 0 Å². The van der Waals surface area contributed by atoms with E-state index in [1.54, 1.807) is 41.8 Å². The highest BCUT2D eigenvalue weighted by molar-refractivity contribution is 7.13. The van der Waals surface area contributed by atoms with Crippen molar-refractivity contribution < 1.29 is 14.0 Å². The van der Waals surface area contributed by atoms with E-state index >= 15 is 0 Å². The Hall–Kier alpha value is -3.06. The summed E-state index contributed by atoms with van der Waals surface area (Å²) in [6.45, 7) is 2.37. The SMILES string of the molecule is O=C(NCC1CCCN(c2nccs2)C1)c1ccccc1C(=O)c1ccc(F)cc1. The molecule has 1 aliphatic rings. The topological polar surface area (TPSA) is 62.3 Å². The summed E-state index contributed by atoms with van der Waals surface area (Å²) < 4.78 is 13.2. The molecule has 0 aliphatic carbocycles. The average molecular weight is 424 g/mol. The van der Waals surface area contributed by atoms with E-state index in [1.165, 1.54) is 24.3 Å². The van der Waals surface area contributed by atoms with Crippen molar-refractivity contribution in [3.8, 4) is 0 Å². The Bertz CT molecular complexity index is 1020. The number of amides is 1. The van der Waals surface area contributed by atoms with Crippen molar-refractivity contribution in [1.82, 2.24) is 10.3 Å². The second-order valence-corrected chi connectivity index (χ2v) is 8.23. The van der Waals surface area contributed by atoms with Crippen LogP contribution >= 0.6 is 11.3 Å². The molecule has 1 aliphatic heterocycles. The van der Waals surface area contributed by atoms with Gasteiger partial charge in [-0.15, -0.1) is 11.3 Å². The highest BCUT2D eigenvalue weighted by Crippen LogP contribution is 2.24. The maximum atomic E-state index is 13.2. The van der Waals surface area contributed by atoms with Gasteiger partial charge in [-0.25, -0.2) is 9.37 Å². The zero-order valence-corrected chi connectivity index (χ0v) is 17.2. The van der Waals surface area contributed by atoms with E-state index in [4.69, 9.17) is 0 Å². The zero-order chi connectivity index (χ0) is 20.9. The number of thiazole rings is 1. The molecule has 7 heteroatoms. The highest BCUT2D eigenvalue weighted by atomic mass is 32.1. The summed E-state index contributed by atoms with van der Waals surface area (Å²) in [5.41, 5.74) is 0.997. The smallest absolute Gasteiger partial charge is 0.252 e. The standard InChI is InChI=1S/C23H22FN3O2S/c24-18-9-7-17(8-10-18)21(28)19-5-1-2-6-20(19)22(29)26-14-16-4-3-12-27(15-16)23-25-11-13-30-23/h1-2,5-11,13,16H,3-4,12,14-15H2,(H,26,29). The number of nitrogens with zero attached hydrogens (tertiary/aromatic N) is 2. The molecule has 1 fully saturated rings. The largest absolute Gasteiger partial charge is 0.352 e. The number of aromatic nitrogens is 1. The highest BCUT2D eigenvalue weighted by Gasteiger charge is 2.23. The number of halogens is 1. The van der Waals surface area contributed by atoms with E-state index < -0.39 is 5.82 Å². The van der Waals surface area contributed by atoms with E-state index in [2.05, 4.69) is 15.2 Å². The van der Waals surface area contributed by atoms with Gasteiger partial charge in [-0.1, -0.05) is 18.2 Å². The van der Waals surface area contributed by atoms with Gasteiger partial charge >= 0.3 is 0 Å². The molecule has 3 aromatic rings. The van der Waals surface area contributed by atoms with Gasteiger partial charge in [0.05, 0.1) is 5.56 Å². The fourth-order valence-electron chi connectivity index (χ4n) is 3.75. The summed E-state index contributed by atoms with van der Waals surface area (Å²) in [7, 11) is 0. The number of benzene rings is 2. The summed E-state index contributed by atoms with van der Waals surface area (Å²) in [5, 5.41) is 5.98. The number of carbonyl (C=O) groups is 2. The van der Waals surface area contributed by atoms with Crippen molar-refractivity contribution in [2.24, 2.45) is 5.92 Å². The second kappa shape index (κ2) is 9.17. The fourth-order valence-corrected chi connectivity index (χ4v) is 4.43. The lowest BCUT2D eigenvalue weighted by atomic mass is 9.96. The number of rotatable bonds is 6. The number of nitrogens with one attached hydrogen (secondary N) is 1. The maximum Gasteiger partial charge on any atom is 0.252 e. The van der Waals surface area contributed by atoms with Crippen LogP contribution in [0.3, 0.4) is 0 Å². The molecule has 154 valence electrons. The Labute approximate surface area is 178 Å². The lowest BCUT2D eigenvalue weighted by Gasteiger charge is -2.32. The molecular formula is C23H22FN3O2S. The third-order valence-electron chi connectivity index (χ3n) is 5.28. The first-order valence-corrected chi connectivity index (χ1v) is 10.8. The molecule has 1 saturated heterocycles. The molecule has 5 nitrogen and oxygen atoms in total. The molecule has 1 atom stereocenters. The molecule has 0 radical (unpaired) electrons. The molecule has 1 unspecified atom stereocenters. The first-order valence-electron chi connectivity index (χ1n) is 9.94. The normalized spacial score (nSPS) is 16.3. The lowest BCUT2D eigenvalue weighted by Crippen LogP contribution is -2.41. The second-order valence-electron chi connectivity index (χ2n) is 7.36. The predicted molar refractivity (Wildman–Crippen MR) is 116 cm³/mol. The van der Waals surface area contributed by atoms with Gasteiger partial charge in [-0.05, 0) is 49.1 Å².